The van der Waals surface area contributed by atoms with Gasteiger partial charge in [0.1, 0.15) is 29.9 Å². The van der Waals surface area contributed by atoms with E-state index >= 15 is 0 Å². The molecule has 1 aliphatic carbocycles. The van der Waals surface area contributed by atoms with E-state index in [1.807, 2.05) is 49.1 Å². The minimum absolute atomic E-state index is 0.204. The molecule has 10 nitrogen and oxygen atoms in total. The van der Waals surface area contributed by atoms with E-state index in [4.69, 9.17) is 9.72 Å². The minimum atomic E-state index is -4.53. The molecule has 0 atom stereocenters. The number of nitrogens with zero attached hydrogens (tertiary/aromatic N) is 9. The second-order valence-corrected chi connectivity index (χ2v) is 10.4. The average Bonchev–Trinajstić information content (AvgIpc) is 3.76. The molecule has 0 spiro atoms. The Labute approximate surface area is 245 Å². The van der Waals surface area contributed by atoms with E-state index < -0.39 is 11.9 Å². The van der Waals surface area contributed by atoms with Gasteiger partial charge in [0, 0.05) is 29.9 Å². The maximum Gasteiger partial charge on any atom is 0.434 e. The molecule has 0 N–H and O–H groups in total. The lowest BCUT2D eigenvalue weighted by atomic mass is 10.1. The summed E-state index contributed by atoms with van der Waals surface area (Å²) in [6.07, 6.45) is 3.17. The zero-order chi connectivity index (χ0) is 30.1. The smallest absolute Gasteiger partial charge is 0.434 e. The third-order valence-corrected chi connectivity index (χ3v) is 7.08. The summed E-state index contributed by atoms with van der Waals surface area (Å²) in [5, 5.41) is 0. The molecular formula is C30H28F3N9O. The summed E-state index contributed by atoms with van der Waals surface area (Å²) >= 11 is 0. The molecule has 0 amide bonds. The van der Waals surface area contributed by atoms with Crippen LogP contribution in [0.5, 0.6) is 5.88 Å². The van der Waals surface area contributed by atoms with Gasteiger partial charge < -0.3 is 9.30 Å². The van der Waals surface area contributed by atoms with Crippen LogP contribution < -0.4 is 9.64 Å². The molecule has 0 saturated heterocycles. The zero-order valence-corrected chi connectivity index (χ0v) is 23.7. The fourth-order valence-corrected chi connectivity index (χ4v) is 4.80. The SMILES string of the molecule is COc1ncnc(C2CC2)c1-c1ncnc(N(Cc2ccc(-c3nc(C(F)(F)F)cn3C(C)C)cc2)c2ccccn2)n1. The Morgan fingerprint density at radius 1 is 0.953 bits per heavy atom. The summed E-state index contributed by atoms with van der Waals surface area (Å²) in [4.78, 5) is 32.8. The van der Waals surface area contributed by atoms with E-state index in [-0.39, 0.29) is 11.9 Å². The van der Waals surface area contributed by atoms with Crippen molar-refractivity contribution in [3.63, 3.8) is 0 Å². The van der Waals surface area contributed by atoms with Gasteiger partial charge in [0.05, 0.1) is 19.3 Å². The van der Waals surface area contributed by atoms with Crippen molar-refractivity contribution in [3.05, 3.63) is 84.5 Å². The van der Waals surface area contributed by atoms with Crippen molar-refractivity contribution in [1.82, 2.24) is 39.5 Å². The van der Waals surface area contributed by atoms with Crippen LogP contribution in [0.2, 0.25) is 0 Å². The van der Waals surface area contributed by atoms with Crippen LogP contribution in [-0.4, -0.2) is 46.6 Å². The van der Waals surface area contributed by atoms with Crippen LogP contribution in [-0.2, 0) is 12.7 Å². The summed E-state index contributed by atoms with van der Waals surface area (Å²) in [5.74, 6) is 2.29. The number of aromatic nitrogens is 8. The van der Waals surface area contributed by atoms with Gasteiger partial charge in [0.15, 0.2) is 11.5 Å². The molecule has 4 aromatic heterocycles. The van der Waals surface area contributed by atoms with Gasteiger partial charge in [-0.1, -0.05) is 30.3 Å². The number of benzene rings is 1. The molecule has 0 radical (unpaired) electrons. The lowest BCUT2D eigenvalue weighted by molar-refractivity contribution is -0.140. The second kappa shape index (κ2) is 11.4. The number of imidazole rings is 1. The molecule has 1 fully saturated rings. The summed E-state index contributed by atoms with van der Waals surface area (Å²) in [5.41, 5.74) is 1.99. The number of pyridine rings is 1. The Morgan fingerprint density at radius 2 is 1.72 bits per heavy atom. The van der Waals surface area contributed by atoms with Gasteiger partial charge in [-0.05, 0) is 44.4 Å². The molecule has 0 aliphatic heterocycles. The Morgan fingerprint density at radius 3 is 2.37 bits per heavy atom. The van der Waals surface area contributed by atoms with Crippen molar-refractivity contribution in [1.29, 1.82) is 0 Å². The Bertz CT molecular complexity index is 1720. The van der Waals surface area contributed by atoms with Crippen molar-refractivity contribution in [2.75, 3.05) is 12.0 Å². The molecule has 5 aromatic rings. The molecule has 0 bridgehead atoms. The predicted molar refractivity (Wildman–Crippen MR) is 153 cm³/mol. The highest BCUT2D eigenvalue weighted by Gasteiger charge is 2.35. The van der Waals surface area contributed by atoms with Crippen LogP contribution in [0.15, 0.2) is 67.5 Å². The van der Waals surface area contributed by atoms with Crippen LogP contribution in [0.3, 0.4) is 0 Å². The van der Waals surface area contributed by atoms with Crippen LogP contribution in [0.4, 0.5) is 24.9 Å². The minimum Gasteiger partial charge on any atom is -0.480 e. The Kier molecular flexibility index (Phi) is 7.46. The fourth-order valence-electron chi connectivity index (χ4n) is 4.80. The number of hydrogen-bond acceptors (Lipinski definition) is 9. The standard InChI is InChI=1S/C30H28F3N9O/c1-18(2)41-15-22(30(31,32)33)39-27(41)21-9-7-19(8-10-21)14-42(23-6-4-5-13-34-23)29-38-17-36-26(40-29)24-25(20-11-12-20)35-16-37-28(24)43-3/h4-10,13,15-18,20H,11-12,14H2,1-3H3. The normalized spacial score (nSPS) is 13.4. The molecule has 6 rings (SSSR count). The largest absolute Gasteiger partial charge is 0.480 e. The van der Waals surface area contributed by atoms with Crippen LogP contribution in [0, 0.1) is 0 Å². The first-order valence-electron chi connectivity index (χ1n) is 13.7. The summed E-state index contributed by atoms with van der Waals surface area (Å²) in [6, 6.07) is 12.5. The third-order valence-electron chi connectivity index (χ3n) is 7.08. The molecule has 0 unspecified atom stereocenters. The first kappa shape index (κ1) is 28.2. The van der Waals surface area contributed by atoms with E-state index in [1.54, 1.807) is 25.4 Å². The van der Waals surface area contributed by atoms with Gasteiger partial charge in [-0.3, -0.25) is 4.90 Å². The number of alkyl halides is 3. The van der Waals surface area contributed by atoms with Crippen molar-refractivity contribution in [2.45, 2.75) is 51.4 Å². The monoisotopic (exact) mass is 587 g/mol. The first-order chi connectivity index (χ1) is 20.7. The molecule has 1 aliphatic rings. The number of halogens is 3. The van der Waals surface area contributed by atoms with Crippen molar-refractivity contribution in [3.8, 4) is 28.7 Å². The molecule has 220 valence electrons. The predicted octanol–water partition coefficient (Wildman–Crippen LogP) is 6.41. The number of hydrogen-bond donors (Lipinski definition) is 0. The summed E-state index contributed by atoms with van der Waals surface area (Å²) in [7, 11) is 1.55. The fraction of sp³-hybridized carbons (Fsp3) is 0.300. The number of ether oxygens (including phenoxy) is 1. The lowest BCUT2D eigenvalue weighted by Crippen LogP contribution is -2.20. The first-order valence-corrected chi connectivity index (χ1v) is 13.7. The highest BCUT2D eigenvalue weighted by atomic mass is 19.4. The van der Waals surface area contributed by atoms with Crippen molar-refractivity contribution in [2.24, 2.45) is 0 Å². The summed E-state index contributed by atoms with van der Waals surface area (Å²) < 4.78 is 47.3. The molecule has 1 saturated carbocycles. The van der Waals surface area contributed by atoms with Crippen LogP contribution in [0.25, 0.3) is 22.8 Å². The maximum atomic E-state index is 13.4. The van der Waals surface area contributed by atoms with E-state index in [2.05, 4.69) is 29.9 Å². The zero-order valence-electron chi connectivity index (χ0n) is 23.7. The topological polar surface area (TPSA) is 108 Å². The van der Waals surface area contributed by atoms with Gasteiger partial charge >= 0.3 is 6.18 Å². The van der Waals surface area contributed by atoms with E-state index in [1.165, 1.54) is 17.2 Å². The van der Waals surface area contributed by atoms with Gasteiger partial charge in [-0.2, -0.15) is 18.2 Å². The van der Waals surface area contributed by atoms with Gasteiger partial charge in [0.25, 0.3) is 0 Å². The third kappa shape index (κ3) is 5.87. The molecule has 13 heteroatoms. The van der Waals surface area contributed by atoms with Crippen LogP contribution in [0.1, 0.15) is 55.6 Å². The molecular weight excluding hydrogens is 559 g/mol. The van der Waals surface area contributed by atoms with Gasteiger partial charge in [0.2, 0.25) is 11.8 Å². The quantitative estimate of drug-likeness (QED) is 0.193. The van der Waals surface area contributed by atoms with E-state index in [0.717, 1.165) is 30.3 Å². The average molecular weight is 588 g/mol. The number of anilines is 2. The number of rotatable bonds is 9. The Balaban J connectivity index is 1.35. The van der Waals surface area contributed by atoms with E-state index in [9.17, 15) is 13.2 Å². The second-order valence-electron chi connectivity index (χ2n) is 10.4. The Hall–Kier alpha value is -4.94. The van der Waals surface area contributed by atoms with Gasteiger partial charge in [-0.15, -0.1) is 0 Å². The highest BCUT2D eigenvalue weighted by molar-refractivity contribution is 5.67. The van der Waals surface area contributed by atoms with Crippen molar-refractivity contribution < 1.29 is 17.9 Å². The van der Waals surface area contributed by atoms with E-state index in [0.29, 0.717) is 47.1 Å². The lowest BCUT2D eigenvalue weighted by Gasteiger charge is -2.22. The molecule has 4 heterocycles. The molecule has 43 heavy (non-hydrogen) atoms. The molecule has 1 aromatic carbocycles. The van der Waals surface area contributed by atoms with Gasteiger partial charge in [-0.25, -0.2) is 29.9 Å². The highest BCUT2D eigenvalue weighted by Crippen LogP contribution is 2.45. The number of methoxy groups -OCH3 is 1. The maximum absolute atomic E-state index is 13.4. The van der Waals surface area contributed by atoms with Crippen molar-refractivity contribution >= 4 is 11.8 Å². The summed E-state index contributed by atoms with van der Waals surface area (Å²) in [6.45, 7) is 3.96. The van der Waals surface area contributed by atoms with Crippen LogP contribution >= 0.6 is 0 Å².